The molecule has 0 atom stereocenters. The van der Waals surface area contributed by atoms with E-state index in [9.17, 15) is 0 Å². The van der Waals surface area contributed by atoms with E-state index in [0.29, 0.717) is 0 Å². The quantitative estimate of drug-likeness (QED) is 0.577. The summed E-state index contributed by atoms with van der Waals surface area (Å²) in [5, 5.41) is 0. The molecule has 0 aromatic heterocycles. The van der Waals surface area contributed by atoms with Crippen molar-refractivity contribution in [3.63, 3.8) is 0 Å². The van der Waals surface area contributed by atoms with E-state index < -0.39 is 0 Å². The summed E-state index contributed by atoms with van der Waals surface area (Å²) in [4.78, 5) is 0. The van der Waals surface area contributed by atoms with Crippen LogP contribution in [0.25, 0.3) is 0 Å². The molecule has 0 radical (unpaired) electrons. The zero-order valence-corrected chi connectivity index (χ0v) is 6.54. The topological polar surface area (TPSA) is 0 Å². The first-order chi connectivity index (χ1) is 2.50. The molecule has 38 valence electrons. The monoisotopic (exact) mass is 253 g/mol. The summed E-state index contributed by atoms with van der Waals surface area (Å²) in [5.74, 6) is 0. The Labute approximate surface area is 55.9 Å². The first kappa shape index (κ1) is 6.43. The predicted molar refractivity (Wildman–Crippen MR) is 23.9 cm³/mol. The Bertz CT molecular complexity index is 48.4. The molecule has 0 aliphatic heterocycles. The number of rotatable bonds is 0. The summed E-state index contributed by atoms with van der Waals surface area (Å²) in [7, 11) is 0. The Morgan fingerprint density at radius 3 is 2.67 bits per heavy atom. The Morgan fingerprint density at radius 1 is 1.67 bits per heavy atom. The van der Waals surface area contributed by atoms with Gasteiger partial charge in [-0.15, -0.1) is 0 Å². The van der Waals surface area contributed by atoms with Crippen molar-refractivity contribution < 1.29 is 23.9 Å². The van der Waals surface area contributed by atoms with Crippen molar-refractivity contribution in [1.29, 1.82) is 0 Å². The van der Waals surface area contributed by atoms with Gasteiger partial charge in [0.15, 0.2) is 0 Å². The molecule has 1 aliphatic carbocycles. The largest absolute Gasteiger partial charge is 1.00 e. The van der Waals surface area contributed by atoms with Gasteiger partial charge in [0.05, 0.1) is 0 Å². The summed E-state index contributed by atoms with van der Waals surface area (Å²) in [5.41, 5.74) is 0. The third-order valence-electron chi connectivity index (χ3n) is 0.814. The molecule has 1 rings (SSSR count). The molecule has 0 saturated heterocycles. The molecular weight excluding hydrogens is 244 g/mol. The Hall–Kier alpha value is 0.428. The maximum Gasteiger partial charge on any atom is 0 e. The van der Waals surface area contributed by atoms with Crippen LogP contribution >= 0.6 is 0 Å². The van der Waals surface area contributed by atoms with E-state index >= 15 is 0 Å². The van der Waals surface area contributed by atoms with E-state index in [0.717, 1.165) is 0 Å². The fourth-order valence-corrected chi connectivity index (χ4v) is 0.510. The van der Waals surface area contributed by atoms with Crippen molar-refractivity contribution in [2.24, 2.45) is 0 Å². The Kier molecular flexibility index (Phi) is 3.87. The van der Waals surface area contributed by atoms with Gasteiger partial charge in [0.1, 0.15) is 0 Å². The van der Waals surface area contributed by atoms with Gasteiger partial charge in [-0.05, 0) is 0 Å². The van der Waals surface area contributed by atoms with Gasteiger partial charge in [0.25, 0.3) is 0 Å². The van der Waals surface area contributed by atoms with Crippen LogP contribution in [0.2, 0.25) is 0 Å². The minimum Gasteiger partial charge on any atom is -1.00 e. The van der Waals surface area contributed by atoms with Gasteiger partial charge in [0, 0.05) is 21.1 Å². The van der Waals surface area contributed by atoms with Crippen LogP contribution in [0.1, 0.15) is 22.1 Å². The minimum atomic E-state index is 0. The summed E-state index contributed by atoms with van der Waals surface area (Å²) in [6.45, 7) is 0. The molecule has 0 bridgehead atoms. The maximum absolute atomic E-state index is 3.10. The number of hydrogen-bond donors (Lipinski definition) is 0. The molecule has 0 aromatic rings. The normalized spacial score (nSPS) is 17.3. The standard InChI is InChI=1S/C5H7.W.2H/c1-2-4-5-3-1;;;/h1H,2,4-5H2;;;/q-1;;2*-1. The van der Waals surface area contributed by atoms with E-state index in [1.54, 1.807) is 0 Å². The maximum atomic E-state index is 3.10. The zero-order valence-electron chi connectivity index (χ0n) is 5.61. The molecule has 1 aliphatic rings. The number of hydrogen-bond acceptors (Lipinski definition) is 0. The Balaban J connectivity index is -0.0000000833. The van der Waals surface area contributed by atoms with Crippen LogP contribution in [-0.4, -0.2) is 0 Å². The smallest absolute Gasteiger partial charge is 0 e. The predicted octanol–water partition coefficient (Wildman–Crippen LogP) is 1.75. The fourth-order valence-electron chi connectivity index (χ4n) is 0.510. The van der Waals surface area contributed by atoms with Gasteiger partial charge in [-0.1, -0.05) is 12.8 Å². The van der Waals surface area contributed by atoms with Crippen LogP contribution in [0, 0.1) is 6.08 Å². The molecule has 0 spiro atoms. The average molecular weight is 253 g/mol. The first-order valence-corrected chi connectivity index (χ1v) is 2.05. The second kappa shape index (κ2) is 3.61. The molecule has 0 amide bonds. The van der Waals surface area contributed by atoms with Crippen molar-refractivity contribution >= 4 is 0 Å². The van der Waals surface area contributed by atoms with Crippen LogP contribution in [0.5, 0.6) is 0 Å². The molecule has 0 saturated carbocycles. The second-order valence-electron chi connectivity index (χ2n) is 1.30. The van der Waals surface area contributed by atoms with Gasteiger partial charge in [-0.3, -0.25) is 6.08 Å². The summed E-state index contributed by atoms with van der Waals surface area (Å²) >= 11 is 0. The molecule has 0 heterocycles. The average Bonchev–Trinajstić information content (AvgIpc) is 1.76. The van der Waals surface area contributed by atoms with Crippen molar-refractivity contribution in [2.75, 3.05) is 0 Å². The Morgan fingerprint density at radius 2 is 2.50 bits per heavy atom. The second-order valence-corrected chi connectivity index (χ2v) is 1.30. The molecule has 6 heavy (non-hydrogen) atoms. The molecule has 0 N–H and O–H groups in total. The molecule has 1 heteroatoms. The van der Waals surface area contributed by atoms with E-state index in [1.165, 1.54) is 19.3 Å². The SMILES string of the molecule is [C-]1=CCCC1.[H-].[H-].[W]. The third-order valence-corrected chi connectivity index (χ3v) is 0.814. The van der Waals surface area contributed by atoms with Gasteiger partial charge in [-0.25, -0.2) is 0 Å². The fraction of sp³-hybridized carbons (Fsp3) is 0.600. The van der Waals surface area contributed by atoms with E-state index in [4.69, 9.17) is 0 Å². The van der Waals surface area contributed by atoms with Gasteiger partial charge < -0.3 is 8.93 Å². The minimum absolute atomic E-state index is 0. The van der Waals surface area contributed by atoms with Gasteiger partial charge >= 0.3 is 0 Å². The van der Waals surface area contributed by atoms with Crippen LogP contribution in [-0.2, 0) is 21.1 Å². The molecular formula is C5H9W-3. The van der Waals surface area contributed by atoms with Crippen molar-refractivity contribution in [2.45, 2.75) is 19.3 Å². The third kappa shape index (κ3) is 1.77. The van der Waals surface area contributed by atoms with Crippen LogP contribution in [0.4, 0.5) is 0 Å². The van der Waals surface area contributed by atoms with Crippen LogP contribution < -0.4 is 0 Å². The number of allylic oxidation sites excluding steroid dienone is 2. The van der Waals surface area contributed by atoms with E-state index in [2.05, 4.69) is 12.2 Å². The van der Waals surface area contributed by atoms with E-state index in [-0.39, 0.29) is 23.9 Å². The van der Waals surface area contributed by atoms with Gasteiger partial charge in [0.2, 0.25) is 0 Å². The summed E-state index contributed by atoms with van der Waals surface area (Å²) in [6, 6.07) is 0. The van der Waals surface area contributed by atoms with Crippen molar-refractivity contribution in [3.8, 4) is 0 Å². The molecule has 0 nitrogen and oxygen atoms in total. The van der Waals surface area contributed by atoms with Crippen LogP contribution in [0.3, 0.4) is 0 Å². The summed E-state index contributed by atoms with van der Waals surface area (Å²) < 4.78 is 0. The van der Waals surface area contributed by atoms with Gasteiger partial charge in [-0.2, -0.15) is 6.42 Å². The van der Waals surface area contributed by atoms with Crippen molar-refractivity contribution in [1.82, 2.24) is 0 Å². The van der Waals surface area contributed by atoms with Crippen molar-refractivity contribution in [3.05, 3.63) is 12.2 Å². The zero-order chi connectivity index (χ0) is 3.54. The molecule has 0 aromatic carbocycles. The van der Waals surface area contributed by atoms with Crippen LogP contribution in [0.15, 0.2) is 6.08 Å². The molecule has 0 unspecified atom stereocenters. The summed E-state index contributed by atoms with van der Waals surface area (Å²) in [6.07, 6.45) is 9.00. The first-order valence-electron chi connectivity index (χ1n) is 2.05. The van der Waals surface area contributed by atoms with E-state index in [1.807, 2.05) is 0 Å². The molecule has 0 fully saturated rings.